The van der Waals surface area contributed by atoms with Gasteiger partial charge in [-0.3, -0.25) is 4.90 Å². The molecule has 1 N–H and O–H groups in total. The molecule has 1 unspecified atom stereocenters. The predicted molar refractivity (Wildman–Crippen MR) is 59.5 cm³/mol. The highest BCUT2D eigenvalue weighted by atomic mass is 16.5. The standard InChI is InChI=1S/C12H21NO2/c1-10(2)15-9-12-5-3-7-13(12)11(8-14)4-6-12/h11,14H,1,3-9H2,2H3/t11-,12?/m1/s1. The van der Waals surface area contributed by atoms with Crippen molar-refractivity contribution in [1.82, 2.24) is 4.90 Å². The van der Waals surface area contributed by atoms with Crippen molar-refractivity contribution in [2.24, 2.45) is 0 Å². The Morgan fingerprint density at radius 3 is 3.07 bits per heavy atom. The summed E-state index contributed by atoms with van der Waals surface area (Å²) in [6.07, 6.45) is 4.70. The zero-order valence-electron chi connectivity index (χ0n) is 9.54. The highest BCUT2D eigenvalue weighted by Crippen LogP contribution is 2.42. The van der Waals surface area contributed by atoms with Gasteiger partial charge in [-0.2, -0.15) is 0 Å². The quantitative estimate of drug-likeness (QED) is 0.716. The van der Waals surface area contributed by atoms with Crippen molar-refractivity contribution >= 4 is 0 Å². The smallest absolute Gasteiger partial charge is 0.106 e. The second-order valence-corrected chi connectivity index (χ2v) is 4.89. The average Bonchev–Trinajstić information content (AvgIpc) is 2.72. The van der Waals surface area contributed by atoms with Crippen LogP contribution in [0.5, 0.6) is 0 Å². The van der Waals surface area contributed by atoms with Gasteiger partial charge in [0.15, 0.2) is 0 Å². The first kappa shape index (κ1) is 11.0. The van der Waals surface area contributed by atoms with Gasteiger partial charge in [0.1, 0.15) is 6.61 Å². The van der Waals surface area contributed by atoms with Crippen molar-refractivity contribution in [3.63, 3.8) is 0 Å². The van der Waals surface area contributed by atoms with E-state index in [0.29, 0.717) is 6.04 Å². The molecule has 2 fully saturated rings. The first-order valence-corrected chi connectivity index (χ1v) is 5.84. The van der Waals surface area contributed by atoms with Crippen LogP contribution in [-0.2, 0) is 4.74 Å². The molecule has 2 saturated heterocycles. The Hall–Kier alpha value is -0.540. The van der Waals surface area contributed by atoms with E-state index in [2.05, 4.69) is 11.5 Å². The number of aliphatic hydroxyl groups is 1. The number of hydrogen-bond donors (Lipinski definition) is 1. The van der Waals surface area contributed by atoms with E-state index in [1.165, 1.54) is 12.8 Å². The third-order valence-corrected chi connectivity index (χ3v) is 3.83. The topological polar surface area (TPSA) is 32.7 Å². The summed E-state index contributed by atoms with van der Waals surface area (Å²) in [5.41, 5.74) is 0.201. The summed E-state index contributed by atoms with van der Waals surface area (Å²) in [5, 5.41) is 9.30. The fraction of sp³-hybridized carbons (Fsp3) is 0.833. The van der Waals surface area contributed by atoms with Crippen molar-refractivity contribution in [3.05, 3.63) is 12.3 Å². The van der Waals surface area contributed by atoms with Gasteiger partial charge in [0, 0.05) is 6.04 Å². The molecule has 0 aromatic rings. The molecule has 86 valence electrons. The third-order valence-electron chi connectivity index (χ3n) is 3.83. The molecule has 3 heteroatoms. The van der Waals surface area contributed by atoms with Crippen LogP contribution in [0.15, 0.2) is 12.3 Å². The number of aliphatic hydroxyl groups excluding tert-OH is 1. The van der Waals surface area contributed by atoms with E-state index in [9.17, 15) is 5.11 Å². The molecule has 3 nitrogen and oxygen atoms in total. The highest BCUT2D eigenvalue weighted by molar-refractivity contribution is 5.04. The molecule has 0 bridgehead atoms. The summed E-state index contributed by atoms with van der Waals surface area (Å²) in [4.78, 5) is 2.45. The minimum Gasteiger partial charge on any atom is -0.497 e. The second kappa shape index (κ2) is 4.14. The van der Waals surface area contributed by atoms with Crippen LogP contribution < -0.4 is 0 Å². The minimum absolute atomic E-state index is 0.201. The van der Waals surface area contributed by atoms with Crippen LogP contribution in [0.4, 0.5) is 0 Å². The van der Waals surface area contributed by atoms with Gasteiger partial charge in [-0.25, -0.2) is 0 Å². The molecule has 15 heavy (non-hydrogen) atoms. The molecule has 0 saturated carbocycles. The predicted octanol–water partition coefficient (Wildman–Crippen LogP) is 1.53. The molecular formula is C12H21NO2. The van der Waals surface area contributed by atoms with Crippen molar-refractivity contribution in [3.8, 4) is 0 Å². The Kier molecular flexibility index (Phi) is 3.03. The number of nitrogens with zero attached hydrogens (tertiary/aromatic N) is 1. The number of hydrogen-bond acceptors (Lipinski definition) is 3. The summed E-state index contributed by atoms with van der Waals surface area (Å²) in [6.45, 7) is 7.82. The maximum Gasteiger partial charge on any atom is 0.106 e. The maximum atomic E-state index is 9.30. The van der Waals surface area contributed by atoms with E-state index in [1.807, 2.05) is 6.92 Å². The molecule has 0 aromatic heterocycles. The van der Waals surface area contributed by atoms with Gasteiger partial charge >= 0.3 is 0 Å². The molecule has 2 aliphatic heterocycles. The molecule has 0 aromatic carbocycles. The van der Waals surface area contributed by atoms with E-state index >= 15 is 0 Å². The number of rotatable bonds is 4. The van der Waals surface area contributed by atoms with Gasteiger partial charge in [0.25, 0.3) is 0 Å². The fourth-order valence-electron chi connectivity index (χ4n) is 3.06. The van der Waals surface area contributed by atoms with Crippen LogP contribution in [0, 0.1) is 0 Å². The highest BCUT2D eigenvalue weighted by Gasteiger charge is 2.49. The van der Waals surface area contributed by atoms with Crippen LogP contribution in [0.1, 0.15) is 32.6 Å². The van der Waals surface area contributed by atoms with Crippen LogP contribution in [0.2, 0.25) is 0 Å². The van der Waals surface area contributed by atoms with Crippen molar-refractivity contribution < 1.29 is 9.84 Å². The lowest BCUT2D eigenvalue weighted by molar-refractivity contribution is 0.0435. The van der Waals surface area contributed by atoms with Crippen LogP contribution >= 0.6 is 0 Å². The number of fused-ring (bicyclic) bond motifs is 1. The first-order chi connectivity index (χ1) is 7.18. The zero-order valence-corrected chi connectivity index (χ0v) is 9.54. The monoisotopic (exact) mass is 211 g/mol. The lowest BCUT2D eigenvalue weighted by Gasteiger charge is -2.34. The van der Waals surface area contributed by atoms with E-state index in [0.717, 1.165) is 31.8 Å². The van der Waals surface area contributed by atoms with Crippen molar-refractivity contribution in [2.45, 2.75) is 44.2 Å². The minimum atomic E-state index is 0.201. The summed E-state index contributed by atoms with van der Waals surface area (Å²) in [7, 11) is 0. The van der Waals surface area contributed by atoms with Crippen LogP contribution in [0.3, 0.4) is 0 Å². The molecule has 0 aliphatic carbocycles. The average molecular weight is 211 g/mol. The zero-order chi connectivity index (χ0) is 10.9. The van der Waals surface area contributed by atoms with E-state index < -0.39 is 0 Å². The second-order valence-electron chi connectivity index (χ2n) is 4.89. The molecular weight excluding hydrogens is 190 g/mol. The van der Waals surface area contributed by atoms with Gasteiger partial charge in [-0.15, -0.1) is 0 Å². The Morgan fingerprint density at radius 2 is 2.40 bits per heavy atom. The van der Waals surface area contributed by atoms with E-state index in [4.69, 9.17) is 4.74 Å². The Bertz CT molecular complexity index is 254. The number of allylic oxidation sites excluding steroid dienone is 1. The normalized spacial score (nSPS) is 35.5. The first-order valence-electron chi connectivity index (χ1n) is 5.84. The molecule has 2 aliphatic rings. The molecule has 0 spiro atoms. The van der Waals surface area contributed by atoms with Gasteiger partial charge in [0.2, 0.25) is 0 Å². The third kappa shape index (κ3) is 1.91. The molecule has 2 rings (SSSR count). The van der Waals surface area contributed by atoms with E-state index in [-0.39, 0.29) is 12.1 Å². The number of ether oxygens (including phenoxy) is 1. The molecule has 0 amide bonds. The van der Waals surface area contributed by atoms with E-state index in [1.54, 1.807) is 0 Å². The Balaban J connectivity index is 2.02. The van der Waals surface area contributed by atoms with Gasteiger partial charge in [0.05, 0.1) is 17.9 Å². The van der Waals surface area contributed by atoms with Crippen molar-refractivity contribution in [1.29, 1.82) is 0 Å². The van der Waals surface area contributed by atoms with Gasteiger partial charge < -0.3 is 9.84 Å². The largest absolute Gasteiger partial charge is 0.497 e. The van der Waals surface area contributed by atoms with Crippen LogP contribution in [0.25, 0.3) is 0 Å². The Morgan fingerprint density at radius 1 is 1.60 bits per heavy atom. The summed E-state index contributed by atoms with van der Waals surface area (Å²) in [6, 6.07) is 0.362. The summed E-state index contributed by atoms with van der Waals surface area (Å²) < 4.78 is 5.61. The van der Waals surface area contributed by atoms with Gasteiger partial charge in [-0.1, -0.05) is 6.58 Å². The fourth-order valence-corrected chi connectivity index (χ4v) is 3.06. The summed E-state index contributed by atoms with van der Waals surface area (Å²) in [5.74, 6) is 0.795. The molecule has 2 atom stereocenters. The SMILES string of the molecule is C=C(C)OCC12CCCN1[C@@H](CO)CC2. The molecule has 0 radical (unpaired) electrons. The van der Waals surface area contributed by atoms with Crippen molar-refractivity contribution in [2.75, 3.05) is 19.8 Å². The lowest BCUT2D eigenvalue weighted by Crippen LogP contribution is -2.46. The lowest BCUT2D eigenvalue weighted by atomic mass is 9.95. The van der Waals surface area contributed by atoms with Crippen LogP contribution in [-0.4, -0.2) is 41.3 Å². The summed E-state index contributed by atoms with van der Waals surface area (Å²) >= 11 is 0. The molecule has 2 heterocycles. The maximum absolute atomic E-state index is 9.30. The van der Waals surface area contributed by atoms with Gasteiger partial charge in [-0.05, 0) is 39.2 Å². The Labute approximate surface area is 91.7 Å².